The van der Waals surface area contributed by atoms with Crippen molar-refractivity contribution in [1.82, 2.24) is 0 Å². The molecule has 0 aromatic heterocycles. The highest BCUT2D eigenvalue weighted by atomic mass is 16.6. The number of rotatable bonds is 7. The Labute approximate surface area is 75.9 Å². The van der Waals surface area contributed by atoms with Crippen LogP contribution in [-0.4, -0.2) is 17.5 Å². The van der Waals surface area contributed by atoms with E-state index in [-0.39, 0.29) is 6.10 Å². The lowest BCUT2D eigenvalue weighted by atomic mass is 10.1. The van der Waals surface area contributed by atoms with Crippen molar-refractivity contribution in [2.24, 2.45) is 0 Å². The van der Waals surface area contributed by atoms with Crippen molar-refractivity contribution in [3.05, 3.63) is 0 Å². The van der Waals surface area contributed by atoms with E-state index in [1.165, 1.54) is 19.3 Å². The first-order valence-corrected chi connectivity index (χ1v) is 5.04. The summed E-state index contributed by atoms with van der Waals surface area (Å²) in [6, 6.07) is 0. The van der Waals surface area contributed by atoms with E-state index in [2.05, 4.69) is 13.8 Å². The summed E-state index contributed by atoms with van der Waals surface area (Å²) in [7, 11) is 0. The third-order valence-corrected chi connectivity index (χ3v) is 1.97. The van der Waals surface area contributed by atoms with E-state index >= 15 is 0 Å². The highest BCUT2D eigenvalue weighted by Gasteiger charge is 2.08. The number of aliphatic hydroxyl groups is 1. The van der Waals surface area contributed by atoms with Gasteiger partial charge in [0.25, 0.3) is 0 Å². The van der Waals surface area contributed by atoms with Gasteiger partial charge in [0.2, 0.25) is 0 Å². The lowest BCUT2D eigenvalue weighted by molar-refractivity contribution is -0.126. The summed E-state index contributed by atoms with van der Waals surface area (Å²) in [5.74, 6) is 0. The summed E-state index contributed by atoms with van der Waals surface area (Å²) in [6.07, 6.45) is 5.42. The molecule has 0 bridgehead atoms. The fraction of sp³-hybridized carbons (Fsp3) is 1.00. The minimum absolute atomic E-state index is 0.247. The van der Waals surface area contributed by atoms with E-state index in [1.807, 2.05) is 0 Å². The van der Waals surface area contributed by atoms with Crippen LogP contribution in [0.3, 0.4) is 0 Å². The van der Waals surface area contributed by atoms with Crippen molar-refractivity contribution in [2.45, 2.75) is 65.3 Å². The van der Waals surface area contributed by atoms with Gasteiger partial charge in [-0.1, -0.05) is 33.1 Å². The van der Waals surface area contributed by atoms with Crippen LogP contribution in [0.25, 0.3) is 0 Å². The van der Waals surface area contributed by atoms with Crippen LogP contribution in [0.5, 0.6) is 0 Å². The maximum atomic E-state index is 8.99. The van der Waals surface area contributed by atoms with E-state index in [0.717, 1.165) is 12.8 Å². The summed E-state index contributed by atoms with van der Waals surface area (Å²) in [6.45, 7) is 5.96. The number of hydrogen-bond donors (Lipinski definition) is 1. The number of aliphatic hydroxyl groups excluding tert-OH is 1. The number of unbranched alkanes of at least 4 members (excludes halogenated alkanes) is 2. The van der Waals surface area contributed by atoms with Crippen molar-refractivity contribution in [1.29, 1.82) is 0 Å². The first-order valence-electron chi connectivity index (χ1n) is 5.04. The van der Waals surface area contributed by atoms with Crippen LogP contribution < -0.4 is 0 Å². The Morgan fingerprint density at radius 3 is 2.33 bits per heavy atom. The van der Waals surface area contributed by atoms with Gasteiger partial charge in [0.05, 0.1) is 6.10 Å². The third kappa shape index (κ3) is 6.62. The molecule has 2 atom stereocenters. The molecule has 74 valence electrons. The standard InChI is InChI=1S/C10H22O2/c1-4-6-7-8-10(5-2)12-9(3)11/h9-11H,4-8H2,1-3H3. The maximum absolute atomic E-state index is 8.99. The summed E-state index contributed by atoms with van der Waals surface area (Å²) in [4.78, 5) is 0. The topological polar surface area (TPSA) is 29.5 Å². The molecule has 0 saturated carbocycles. The molecular formula is C10H22O2. The van der Waals surface area contributed by atoms with Crippen LogP contribution >= 0.6 is 0 Å². The predicted octanol–water partition coefficient (Wildman–Crippen LogP) is 2.70. The van der Waals surface area contributed by atoms with Gasteiger partial charge in [0.1, 0.15) is 0 Å². The molecule has 2 nitrogen and oxygen atoms in total. The second kappa shape index (κ2) is 7.56. The molecule has 0 rings (SSSR count). The molecule has 0 radical (unpaired) electrons. The molecule has 0 saturated heterocycles. The van der Waals surface area contributed by atoms with Gasteiger partial charge in [0.15, 0.2) is 6.29 Å². The lowest BCUT2D eigenvalue weighted by Gasteiger charge is -2.17. The van der Waals surface area contributed by atoms with Gasteiger partial charge < -0.3 is 9.84 Å². The first-order chi connectivity index (χ1) is 5.70. The summed E-state index contributed by atoms with van der Waals surface area (Å²) in [5, 5.41) is 8.99. The molecule has 0 aromatic rings. The van der Waals surface area contributed by atoms with Crippen molar-refractivity contribution < 1.29 is 9.84 Å². The molecule has 0 heterocycles. The molecule has 0 amide bonds. The van der Waals surface area contributed by atoms with E-state index in [1.54, 1.807) is 6.92 Å². The highest BCUT2D eigenvalue weighted by Crippen LogP contribution is 2.11. The quantitative estimate of drug-likeness (QED) is 0.475. The second-order valence-corrected chi connectivity index (χ2v) is 3.26. The van der Waals surface area contributed by atoms with E-state index in [9.17, 15) is 0 Å². The van der Waals surface area contributed by atoms with Crippen LogP contribution in [0.4, 0.5) is 0 Å². The van der Waals surface area contributed by atoms with E-state index in [4.69, 9.17) is 9.84 Å². The summed E-state index contributed by atoms with van der Waals surface area (Å²) in [5.41, 5.74) is 0. The van der Waals surface area contributed by atoms with Gasteiger partial charge in [-0.15, -0.1) is 0 Å². The smallest absolute Gasteiger partial charge is 0.152 e. The average molecular weight is 174 g/mol. The molecule has 0 aliphatic carbocycles. The van der Waals surface area contributed by atoms with Crippen LogP contribution in [-0.2, 0) is 4.74 Å². The fourth-order valence-corrected chi connectivity index (χ4v) is 1.27. The number of ether oxygens (including phenoxy) is 1. The molecule has 2 unspecified atom stereocenters. The third-order valence-electron chi connectivity index (χ3n) is 1.97. The predicted molar refractivity (Wildman–Crippen MR) is 51.0 cm³/mol. The summed E-state index contributed by atoms with van der Waals surface area (Å²) >= 11 is 0. The Balaban J connectivity index is 3.39. The van der Waals surface area contributed by atoms with Crippen LogP contribution in [0.1, 0.15) is 52.9 Å². The molecular weight excluding hydrogens is 152 g/mol. The molecule has 0 aliphatic rings. The average Bonchev–Trinajstić information content (AvgIpc) is 2.02. The number of hydrogen-bond acceptors (Lipinski definition) is 2. The van der Waals surface area contributed by atoms with Gasteiger partial charge in [-0.3, -0.25) is 0 Å². The second-order valence-electron chi connectivity index (χ2n) is 3.26. The Morgan fingerprint density at radius 2 is 1.92 bits per heavy atom. The van der Waals surface area contributed by atoms with Gasteiger partial charge in [-0.05, 0) is 19.8 Å². The minimum Gasteiger partial charge on any atom is -0.368 e. The molecule has 12 heavy (non-hydrogen) atoms. The largest absolute Gasteiger partial charge is 0.368 e. The molecule has 0 aliphatic heterocycles. The molecule has 2 heteroatoms. The highest BCUT2D eigenvalue weighted by molar-refractivity contribution is 4.55. The van der Waals surface area contributed by atoms with Crippen LogP contribution in [0.2, 0.25) is 0 Å². The van der Waals surface area contributed by atoms with Gasteiger partial charge in [-0.2, -0.15) is 0 Å². The summed E-state index contributed by atoms with van der Waals surface area (Å²) < 4.78 is 5.30. The van der Waals surface area contributed by atoms with Gasteiger partial charge >= 0.3 is 0 Å². The Morgan fingerprint density at radius 1 is 1.25 bits per heavy atom. The van der Waals surface area contributed by atoms with Crippen LogP contribution in [0.15, 0.2) is 0 Å². The Hall–Kier alpha value is -0.0800. The van der Waals surface area contributed by atoms with Crippen molar-refractivity contribution in [3.8, 4) is 0 Å². The molecule has 0 aromatic carbocycles. The molecule has 0 fully saturated rings. The Kier molecular flexibility index (Phi) is 7.51. The van der Waals surface area contributed by atoms with Crippen molar-refractivity contribution in [2.75, 3.05) is 0 Å². The van der Waals surface area contributed by atoms with Gasteiger partial charge in [-0.25, -0.2) is 0 Å². The molecule has 1 N–H and O–H groups in total. The monoisotopic (exact) mass is 174 g/mol. The SMILES string of the molecule is CCCCCC(CC)OC(C)O. The van der Waals surface area contributed by atoms with Crippen LogP contribution in [0, 0.1) is 0 Å². The fourth-order valence-electron chi connectivity index (χ4n) is 1.27. The molecule has 0 spiro atoms. The van der Waals surface area contributed by atoms with Crippen molar-refractivity contribution in [3.63, 3.8) is 0 Å². The zero-order valence-electron chi connectivity index (χ0n) is 8.55. The first kappa shape index (κ1) is 11.9. The zero-order valence-corrected chi connectivity index (χ0v) is 8.55. The van der Waals surface area contributed by atoms with Crippen molar-refractivity contribution >= 4 is 0 Å². The minimum atomic E-state index is -0.614. The normalized spacial score (nSPS) is 16.0. The van der Waals surface area contributed by atoms with E-state index in [0.29, 0.717) is 0 Å². The lowest BCUT2D eigenvalue weighted by Crippen LogP contribution is -2.18. The Bertz CT molecular complexity index is 91.8. The van der Waals surface area contributed by atoms with Gasteiger partial charge in [0, 0.05) is 0 Å². The zero-order chi connectivity index (χ0) is 9.40. The van der Waals surface area contributed by atoms with E-state index < -0.39 is 6.29 Å². The maximum Gasteiger partial charge on any atom is 0.152 e.